The van der Waals surface area contributed by atoms with Gasteiger partial charge in [0, 0.05) is 18.1 Å². The molecule has 5 heteroatoms. The highest BCUT2D eigenvalue weighted by Gasteiger charge is 2.48. The molecule has 1 atom stereocenters. The van der Waals surface area contributed by atoms with Gasteiger partial charge in [-0.15, -0.1) is 11.3 Å². The molecule has 0 radical (unpaired) electrons. The molecule has 0 spiro atoms. The van der Waals surface area contributed by atoms with Crippen LogP contribution in [0.4, 0.5) is 0 Å². The van der Waals surface area contributed by atoms with Crippen molar-refractivity contribution in [3.63, 3.8) is 0 Å². The highest BCUT2D eigenvalue weighted by atomic mass is 32.1. The normalized spacial score (nSPS) is 19.6. The summed E-state index contributed by atoms with van der Waals surface area (Å²) in [6, 6.07) is -0.0125. The van der Waals surface area contributed by atoms with Crippen LogP contribution >= 0.6 is 11.3 Å². The molecule has 3 N–H and O–H groups in total. The highest BCUT2D eigenvalue weighted by molar-refractivity contribution is 7.09. The molecule has 15 heavy (non-hydrogen) atoms. The van der Waals surface area contributed by atoms with Gasteiger partial charge in [0.1, 0.15) is 5.01 Å². The van der Waals surface area contributed by atoms with Crippen molar-refractivity contribution < 1.29 is 4.79 Å². The van der Waals surface area contributed by atoms with E-state index in [0.29, 0.717) is 6.54 Å². The standard InChI is InChI=1S/C10H15N3OS/c1-7(8-12-4-5-15-8)13-9(14)10(6-11)2-3-10/h4-5,7H,2-3,6,11H2,1H3,(H,13,14). The summed E-state index contributed by atoms with van der Waals surface area (Å²) in [6.45, 7) is 2.40. The smallest absolute Gasteiger partial charge is 0.228 e. The summed E-state index contributed by atoms with van der Waals surface area (Å²) in [5.74, 6) is 0.0766. The predicted molar refractivity (Wildman–Crippen MR) is 59.4 cm³/mol. The van der Waals surface area contributed by atoms with Crippen molar-refractivity contribution in [1.29, 1.82) is 0 Å². The van der Waals surface area contributed by atoms with Crippen LogP contribution in [0, 0.1) is 5.41 Å². The van der Waals surface area contributed by atoms with E-state index >= 15 is 0 Å². The summed E-state index contributed by atoms with van der Waals surface area (Å²) in [7, 11) is 0. The number of nitrogens with one attached hydrogen (secondary N) is 1. The molecule has 1 aliphatic carbocycles. The van der Waals surface area contributed by atoms with E-state index in [4.69, 9.17) is 5.73 Å². The lowest BCUT2D eigenvalue weighted by atomic mass is 10.1. The second kappa shape index (κ2) is 3.90. The van der Waals surface area contributed by atoms with Gasteiger partial charge in [-0.2, -0.15) is 0 Å². The Balaban J connectivity index is 1.95. The molecule has 1 saturated carbocycles. The van der Waals surface area contributed by atoms with Crippen molar-refractivity contribution >= 4 is 17.2 Å². The number of nitrogens with two attached hydrogens (primary N) is 1. The van der Waals surface area contributed by atoms with Crippen LogP contribution in [0.3, 0.4) is 0 Å². The minimum Gasteiger partial charge on any atom is -0.347 e. The van der Waals surface area contributed by atoms with E-state index in [-0.39, 0.29) is 17.4 Å². The van der Waals surface area contributed by atoms with Crippen molar-refractivity contribution in [3.8, 4) is 0 Å². The molecular weight excluding hydrogens is 210 g/mol. The zero-order valence-electron chi connectivity index (χ0n) is 8.69. The fourth-order valence-electron chi connectivity index (χ4n) is 1.53. The van der Waals surface area contributed by atoms with Gasteiger partial charge in [0.15, 0.2) is 0 Å². The van der Waals surface area contributed by atoms with Gasteiger partial charge >= 0.3 is 0 Å². The summed E-state index contributed by atoms with van der Waals surface area (Å²) in [6.07, 6.45) is 3.58. The van der Waals surface area contributed by atoms with Crippen LogP contribution in [-0.2, 0) is 4.79 Å². The third kappa shape index (κ3) is 2.03. The first-order chi connectivity index (χ1) is 7.18. The maximum Gasteiger partial charge on any atom is 0.228 e. The van der Waals surface area contributed by atoms with Crippen LogP contribution in [0.2, 0.25) is 0 Å². The summed E-state index contributed by atoms with van der Waals surface area (Å²) < 4.78 is 0. The van der Waals surface area contributed by atoms with E-state index in [1.165, 1.54) is 0 Å². The number of rotatable bonds is 4. The molecule has 1 aliphatic rings. The quantitative estimate of drug-likeness (QED) is 0.805. The van der Waals surface area contributed by atoms with Gasteiger partial charge in [0.05, 0.1) is 11.5 Å². The van der Waals surface area contributed by atoms with Crippen LogP contribution in [0.25, 0.3) is 0 Å². The Morgan fingerprint density at radius 3 is 3.00 bits per heavy atom. The Morgan fingerprint density at radius 2 is 2.53 bits per heavy atom. The predicted octanol–water partition coefficient (Wildman–Crippen LogP) is 1.06. The van der Waals surface area contributed by atoms with Crippen molar-refractivity contribution in [3.05, 3.63) is 16.6 Å². The van der Waals surface area contributed by atoms with Crippen LogP contribution in [-0.4, -0.2) is 17.4 Å². The van der Waals surface area contributed by atoms with E-state index in [1.54, 1.807) is 17.5 Å². The summed E-state index contributed by atoms with van der Waals surface area (Å²) in [5.41, 5.74) is 5.32. The highest BCUT2D eigenvalue weighted by Crippen LogP contribution is 2.45. The molecule has 0 saturated heterocycles. The monoisotopic (exact) mass is 225 g/mol. The first-order valence-electron chi connectivity index (χ1n) is 5.08. The van der Waals surface area contributed by atoms with Gasteiger partial charge < -0.3 is 11.1 Å². The second-order valence-electron chi connectivity index (χ2n) is 4.05. The van der Waals surface area contributed by atoms with Crippen molar-refractivity contribution in [2.75, 3.05) is 6.54 Å². The topological polar surface area (TPSA) is 68.0 Å². The zero-order valence-corrected chi connectivity index (χ0v) is 9.51. The Morgan fingerprint density at radius 1 is 1.80 bits per heavy atom. The summed E-state index contributed by atoms with van der Waals surface area (Å²) >= 11 is 1.55. The zero-order chi connectivity index (χ0) is 10.9. The van der Waals surface area contributed by atoms with Crippen molar-refractivity contribution in [2.24, 2.45) is 11.1 Å². The average molecular weight is 225 g/mol. The Hall–Kier alpha value is -0.940. The van der Waals surface area contributed by atoms with Crippen LogP contribution in [0.15, 0.2) is 11.6 Å². The number of aromatic nitrogens is 1. The average Bonchev–Trinajstić information content (AvgIpc) is 2.84. The maximum atomic E-state index is 11.8. The second-order valence-corrected chi connectivity index (χ2v) is 4.98. The van der Waals surface area contributed by atoms with E-state index in [1.807, 2.05) is 12.3 Å². The third-order valence-corrected chi connectivity index (χ3v) is 3.85. The molecule has 1 aromatic heterocycles. The van der Waals surface area contributed by atoms with Gasteiger partial charge in [0.2, 0.25) is 5.91 Å². The maximum absolute atomic E-state index is 11.8. The molecule has 1 fully saturated rings. The molecule has 2 rings (SSSR count). The SMILES string of the molecule is CC(NC(=O)C1(CN)CC1)c1nccs1. The number of hydrogen-bond donors (Lipinski definition) is 2. The summed E-state index contributed by atoms with van der Waals surface area (Å²) in [4.78, 5) is 16.0. The Labute approximate surface area is 92.9 Å². The molecule has 4 nitrogen and oxygen atoms in total. The van der Waals surface area contributed by atoms with E-state index in [0.717, 1.165) is 17.8 Å². The number of carbonyl (C=O) groups is 1. The van der Waals surface area contributed by atoms with Crippen LogP contribution < -0.4 is 11.1 Å². The molecule has 0 aromatic carbocycles. The first kappa shape index (κ1) is 10.6. The number of nitrogens with zero attached hydrogens (tertiary/aromatic N) is 1. The van der Waals surface area contributed by atoms with Crippen molar-refractivity contribution in [2.45, 2.75) is 25.8 Å². The minimum atomic E-state index is -0.272. The lowest BCUT2D eigenvalue weighted by Crippen LogP contribution is -2.37. The fraction of sp³-hybridized carbons (Fsp3) is 0.600. The Bertz CT molecular complexity index is 346. The number of carbonyl (C=O) groups excluding carboxylic acids is 1. The van der Waals surface area contributed by atoms with Gasteiger partial charge in [-0.1, -0.05) is 0 Å². The van der Waals surface area contributed by atoms with Gasteiger partial charge in [-0.3, -0.25) is 4.79 Å². The Kier molecular flexibility index (Phi) is 2.75. The van der Waals surface area contributed by atoms with Gasteiger partial charge in [-0.05, 0) is 19.8 Å². The number of amides is 1. The molecule has 1 unspecified atom stereocenters. The molecule has 1 heterocycles. The molecule has 0 bridgehead atoms. The van der Waals surface area contributed by atoms with Crippen molar-refractivity contribution in [1.82, 2.24) is 10.3 Å². The van der Waals surface area contributed by atoms with E-state index in [9.17, 15) is 4.79 Å². The number of hydrogen-bond acceptors (Lipinski definition) is 4. The van der Waals surface area contributed by atoms with Crippen LogP contribution in [0.1, 0.15) is 30.8 Å². The van der Waals surface area contributed by atoms with Crippen LogP contribution in [0.5, 0.6) is 0 Å². The lowest BCUT2D eigenvalue weighted by molar-refractivity contribution is -0.126. The lowest BCUT2D eigenvalue weighted by Gasteiger charge is -2.16. The first-order valence-corrected chi connectivity index (χ1v) is 5.96. The van der Waals surface area contributed by atoms with E-state index in [2.05, 4.69) is 10.3 Å². The number of thiazole rings is 1. The third-order valence-electron chi connectivity index (χ3n) is 2.90. The fourth-order valence-corrected chi connectivity index (χ4v) is 2.18. The van der Waals surface area contributed by atoms with Gasteiger partial charge in [0.25, 0.3) is 0 Å². The molecule has 1 aromatic rings. The minimum absolute atomic E-state index is 0.0125. The van der Waals surface area contributed by atoms with E-state index < -0.39 is 0 Å². The summed E-state index contributed by atoms with van der Waals surface area (Å²) in [5, 5.41) is 5.82. The molecular formula is C10H15N3OS. The molecule has 1 amide bonds. The molecule has 0 aliphatic heterocycles. The van der Waals surface area contributed by atoms with Gasteiger partial charge in [-0.25, -0.2) is 4.98 Å². The molecule has 82 valence electrons. The largest absolute Gasteiger partial charge is 0.347 e.